The van der Waals surface area contributed by atoms with Gasteiger partial charge in [-0.15, -0.1) is 5.10 Å². The van der Waals surface area contributed by atoms with Gasteiger partial charge in [-0.3, -0.25) is 0 Å². The summed E-state index contributed by atoms with van der Waals surface area (Å²) in [5, 5.41) is 11.3. The molecule has 17 heavy (non-hydrogen) atoms. The fourth-order valence-electron chi connectivity index (χ4n) is 2.20. The molecular formula is C12H19ClN4. The van der Waals surface area contributed by atoms with Crippen molar-refractivity contribution in [3.63, 3.8) is 0 Å². The van der Waals surface area contributed by atoms with Crippen LogP contribution in [-0.2, 0) is 0 Å². The van der Waals surface area contributed by atoms with E-state index < -0.39 is 0 Å². The zero-order chi connectivity index (χ0) is 12.3. The second-order valence-corrected chi connectivity index (χ2v) is 5.28. The minimum absolute atomic E-state index is 0.435. The Morgan fingerprint density at radius 3 is 3.06 bits per heavy atom. The molecule has 1 saturated heterocycles. The lowest BCUT2D eigenvalue weighted by Gasteiger charge is -2.20. The predicted molar refractivity (Wildman–Crippen MR) is 70.3 cm³/mol. The number of nitrogens with one attached hydrogen (secondary N) is 1. The van der Waals surface area contributed by atoms with Crippen molar-refractivity contribution < 1.29 is 0 Å². The molecule has 0 spiro atoms. The van der Waals surface area contributed by atoms with Crippen LogP contribution in [-0.4, -0.2) is 40.8 Å². The van der Waals surface area contributed by atoms with Gasteiger partial charge in [0.05, 0.1) is 11.9 Å². The van der Waals surface area contributed by atoms with Crippen LogP contribution in [0.4, 0.5) is 5.69 Å². The Morgan fingerprint density at radius 1 is 1.59 bits per heavy atom. The fraction of sp³-hybridized carbons (Fsp3) is 0.667. The predicted octanol–water partition coefficient (Wildman–Crippen LogP) is 2.27. The topological polar surface area (TPSA) is 41.0 Å². The van der Waals surface area contributed by atoms with E-state index >= 15 is 0 Å². The summed E-state index contributed by atoms with van der Waals surface area (Å²) in [7, 11) is 0. The largest absolute Gasteiger partial charge is 0.383 e. The normalized spacial score (nSPS) is 21.1. The van der Waals surface area contributed by atoms with Gasteiger partial charge in [0.25, 0.3) is 0 Å². The van der Waals surface area contributed by atoms with Gasteiger partial charge in [-0.25, -0.2) is 0 Å². The molecule has 0 radical (unpaired) electrons. The fourth-order valence-corrected chi connectivity index (χ4v) is 2.36. The third-order valence-electron chi connectivity index (χ3n) is 3.27. The van der Waals surface area contributed by atoms with Crippen molar-refractivity contribution in [2.24, 2.45) is 5.92 Å². The zero-order valence-corrected chi connectivity index (χ0v) is 11.1. The first-order chi connectivity index (χ1) is 8.15. The second-order valence-electron chi connectivity index (χ2n) is 4.89. The smallest absolute Gasteiger partial charge is 0.153 e. The maximum atomic E-state index is 5.78. The van der Waals surface area contributed by atoms with Crippen molar-refractivity contribution in [3.8, 4) is 0 Å². The molecule has 0 saturated carbocycles. The van der Waals surface area contributed by atoms with Crippen LogP contribution in [0.15, 0.2) is 12.3 Å². The highest BCUT2D eigenvalue weighted by molar-refractivity contribution is 6.29. The highest BCUT2D eigenvalue weighted by Crippen LogP contribution is 2.19. The average Bonchev–Trinajstić information content (AvgIpc) is 2.75. The Balaban J connectivity index is 1.80. The Kier molecular flexibility index (Phi) is 4.18. The minimum Gasteiger partial charge on any atom is -0.383 e. The van der Waals surface area contributed by atoms with E-state index in [0.29, 0.717) is 17.1 Å². The maximum Gasteiger partial charge on any atom is 0.153 e. The van der Waals surface area contributed by atoms with Crippen LogP contribution < -0.4 is 5.32 Å². The van der Waals surface area contributed by atoms with Crippen molar-refractivity contribution in [2.75, 3.05) is 25.0 Å². The summed E-state index contributed by atoms with van der Waals surface area (Å²) in [5.74, 6) is 0.712. The first-order valence-corrected chi connectivity index (χ1v) is 6.49. The van der Waals surface area contributed by atoms with Crippen LogP contribution in [0.1, 0.15) is 20.3 Å². The summed E-state index contributed by atoms with van der Waals surface area (Å²) in [4.78, 5) is 2.52. The lowest BCUT2D eigenvalue weighted by Crippen LogP contribution is -2.29. The highest BCUT2D eigenvalue weighted by Gasteiger charge is 2.23. The van der Waals surface area contributed by atoms with E-state index in [1.165, 1.54) is 19.5 Å². The molecule has 94 valence electrons. The Labute approximate surface area is 107 Å². The molecule has 1 aliphatic rings. The van der Waals surface area contributed by atoms with Gasteiger partial charge in [0.15, 0.2) is 5.15 Å². The van der Waals surface area contributed by atoms with E-state index in [2.05, 4.69) is 34.3 Å². The summed E-state index contributed by atoms with van der Waals surface area (Å²) < 4.78 is 0. The van der Waals surface area contributed by atoms with Crippen molar-refractivity contribution >= 4 is 17.3 Å². The number of anilines is 1. The molecule has 0 aliphatic carbocycles. The monoisotopic (exact) mass is 254 g/mol. The average molecular weight is 255 g/mol. The van der Waals surface area contributed by atoms with E-state index in [9.17, 15) is 0 Å². The van der Waals surface area contributed by atoms with E-state index in [1.807, 2.05) is 6.07 Å². The number of aromatic nitrogens is 2. The SMILES string of the molecule is CC(C)N1CCC(CNc2cnnc(Cl)c2)C1. The van der Waals surface area contributed by atoms with E-state index in [1.54, 1.807) is 6.20 Å². The van der Waals surface area contributed by atoms with Gasteiger partial charge in [0, 0.05) is 25.2 Å². The minimum atomic E-state index is 0.435. The molecule has 0 bridgehead atoms. The second kappa shape index (κ2) is 5.65. The molecule has 1 N–H and O–H groups in total. The number of nitrogens with zero attached hydrogens (tertiary/aromatic N) is 3. The molecule has 1 atom stereocenters. The van der Waals surface area contributed by atoms with Crippen molar-refractivity contribution in [1.29, 1.82) is 0 Å². The van der Waals surface area contributed by atoms with Gasteiger partial charge in [-0.05, 0) is 32.7 Å². The van der Waals surface area contributed by atoms with Crippen molar-refractivity contribution in [1.82, 2.24) is 15.1 Å². The standard InChI is InChI=1S/C12H19ClN4/c1-9(2)17-4-3-10(8-17)6-14-11-5-12(13)16-15-7-11/h5,7,9-10H,3-4,6,8H2,1-2H3,(H,14,16). The van der Waals surface area contributed by atoms with Gasteiger partial charge in [-0.1, -0.05) is 11.6 Å². The molecule has 1 aromatic heterocycles. The van der Waals surface area contributed by atoms with Crippen molar-refractivity contribution in [3.05, 3.63) is 17.4 Å². The summed E-state index contributed by atoms with van der Waals surface area (Å²) >= 11 is 5.78. The maximum absolute atomic E-state index is 5.78. The lowest BCUT2D eigenvalue weighted by atomic mass is 10.1. The summed E-state index contributed by atoms with van der Waals surface area (Å²) in [6.07, 6.45) is 2.97. The zero-order valence-electron chi connectivity index (χ0n) is 10.4. The van der Waals surface area contributed by atoms with Crippen LogP contribution in [0.5, 0.6) is 0 Å². The van der Waals surface area contributed by atoms with Crippen LogP contribution in [0, 0.1) is 5.92 Å². The molecule has 1 unspecified atom stereocenters. The molecule has 0 aromatic carbocycles. The van der Waals surface area contributed by atoms with E-state index in [-0.39, 0.29) is 0 Å². The molecule has 1 aromatic rings. The third-order valence-corrected chi connectivity index (χ3v) is 3.45. The number of hydrogen-bond donors (Lipinski definition) is 1. The first kappa shape index (κ1) is 12.6. The summed E-state index contributed by atoms with van der Waals surface area (Å²) in [6.45, 7) is 7.87. The van der Waals surface area contributed by atoms with Gasteiger partial charge in [0.1, 0.15) is 0 Å². The molecule has 2 rings (SSSR count). The third kappa shape index (κ3) is 3.54. The quantitative estimate of drug-likeness (QED) is 0.895. The molecule has 1 aliphatic heterocycles. The Morgan fingerprint density at radius 2 is 2.41 bits per heavy atom. The van der Waals surface area contributed by atoms with Crippen LogP contribution in [0.3, 0.4) is 0 Å². The van der Waals surface area contributed by atoms with Gasteiger partial charge in [-0.2, -0.15) is 5.10 Å². The van der Waals surface area contributed by atoms with Crippen molar-refractivity contribution in [2.45, 2.75) is 26.3 Å². The summed E-state index contributed by atoms with van der Waals surface area (Å²) in [6, 6.07) is 2.46. The van der Waals surface area contributed by atoms with Crippen LogP contribution >= 0.6 is 11.6 Å². The molecule has 2 heterocycles. The molecule has 5 heteroatoms. The number of likely N-dealkylation sites (tertiary alicyclic amines) is 1. The van der Waals surface area contributed by atoms with Gasteiger partial charge >= 0.3 is 0 Å². The lowest BCUT2D eigenvalue weighted by molar-refractivity contribution is 0.266. The summed E-state index contributed by atoms with van der Waals surface area (Å²) in [5.41, 5.74) is 0.952. The first-order valence-electron chi connectivity index (χ1n) is 6.11. The molecule has 4 nitrogen and oxygen atoms in total. The van der Waals surface area contributed by atoms with Crippen LogP contribution in [0.2, 0.25) is 5.15 Å². The number of rotatable bonds is 4. The van der Waals surface area contributed by atoms with Gasteiger partial charge < -0.3 is 10.2 Å². The van der Waals surface area contributed by atoms with E-state index in [0.717, 1.165) is 12.2 Å². The molecule has 1 fully saturated rings. The Bertz CT molecular complexity index is 369. The molecule has 0 amide bonds. The Hall–Kier alpha value is -0.870. The number of hydrogen-bond acceptors (Lipinski definition) is 4. The van der Waals surface area contributed by atoms with Gasteiger partial charge in [0.2, 0.25) is 0 Å². The van der Waals surface area contributed by atoms with E-state index in [4.69, 9.17) is 11.6 Å². The highest BCUT2D eigenvalue weighted by atomic mass is 35.5. The number of halogens is 1. The van der Waals surface area contributed by atoms with Crippen LogP contribution in [0.25, 0.3) is 0 Å². The molecular weight excluding hydrogens is 236 g/mol.